The van der Waals surface area contributed by atoms with Crippen molar-refractivity contribution < 1.29 is 14.6 Å². The minimum Gasteiger partial charge on any atom is -0.478 e. The summed E-state index contributed by atoms with van der Waals surface area (Å²) in [5.41, 5.74) is 2.01. The van der Waals surface area contributed by atoms with E-state index in [1.165, 1.54) is 6.42 Å². The van der Waals surface area contributed by atoms with Gasteiger partial charge in [-0.25, -0.2) is 9.78 Å². The van der Waals surface area contributed by atoms with E-state index in [9.17, 15) is 4.79 Å². The van der Waals surface area contributed by atoms with Crippen LogP contribution < -0.4 is 0 Å². The summed E-state index contributed by atoms with van der Waals surface area (Å²) in [4.78, 5) is 15.3. The summed E-state index contributed by atoms with van der Waals surface area (Å²) in [5, 5.41) is 9.06. The minimum absolute atomic E-state index is 0.299. The molecule has 5 heteroatoms. The summed E-state index contributed by atoms with van der Waals surface area (Å²) in [5.74, 6) is -0.907. The number of hydrogen-bond acceptors (Lipinski definition) is 3. The Hall–Kier alpha value is -1.88. The fourth-order valence-corrected chi connectivity index (χ4v) is 2.69. The van der Waals surface area contributed by atoms with Crippen LogP contribution in [0.1, 0.15) is 36.0 Å². The van der Waals surface area contributed by atoms with Gasteiger partial charge in [0.2, 0.25) is 0 Å². The van der Waals surface area contributed by atoms with Gasteiger partial charge in [-0.2, -0.15) is 0 Å². The molecule has 1 aliphatic heterocycles. The Morgan fingerprint density at radius 1 is 1.45 bits per heavy atom. The molecular formula is C15H18N2O3. The maximum absolute atomic E-state index is 11.0. The number of benzene rings is 1. The first-order valence-electron chi connectivity index (χ1n) is 7.04. The van der Waals surface area contributed by atoms with Crippen molar-refractivity contribution in [1.82, 2.24) is 9.55 Å². The number of aromatic nitrogens is 2. The Balaban J connectivity index is 1.76. The van der Waals surface area contributed by atoms with Crippen LogP contribution in [0, 0.1) is 0 Å². The number of nitrogens with zero attached hydrogens (tertiary/aromatic N) is 2. The normalized spacial score (nSPS) is 19.3. The van der Waals surface area contributed by atoms with Crippen molar-refractivity contribution in [2.45, 2.75) is 38.3 Å². The predicted octanol–water partition coefficient (Wildman–Crippen LogP) is 2.69. The van der Waals surface area contributed by atoms with E-state index >= 15 is 0 Å². The lowest BCUT2D eigenvalue weighted by molar-refractivity contribution is 0.00896. The molecule has 0 aliphatic carbocycles. The molecule has 3 rings (SSSR count). The maximum Gasteiger partial charge on any atom is 0.335 e. The molecule has 1 N–H and O–H groups in total. The molecule has 20 heavy (non-hydrogen) atoms. The van der Waals surface area contributed by atoms with E-state index in [4.69, 9.17) is 9.84 Å². The quantitative estimate of drug-likeness (QED) is 0.931. The van der Waals surface area contributed by atoms with Gasteiger partial charge in [0.25, 0.3) is 0 Å². The molecular weight excluding hydrogens is 256 g/mol. The molecule has 106 valence electrons. The van der Waals surface area contributed by atoms with Crippen LogP contribution in [-0.4, -0.2) is 33.3 Å². The van der Waals surface area contributed by atoms with Crippen molar-refractivity contribution in [1.29, 1.82) is 0 Å². The first kappa shape index (κ1) is 13.1. The zero-order valence-electron chi connectivity index (χ0n) is 11.3. The zero-order valence-corrected chi connectivity index (χ0v) is 11.3. The van der Waals surface area contributed by atoms with Crippen molar-refractivity contribution in [3.05, 3.63) is 30.1 Å². The number of imidazole rings is 1. The Bertz CT molecular complexity index is 615. The van der Waals surface area contributed by atoms with E-state index in [0.717, 1.165) is 43.4 Å². The number of carboxylic acid groups (broad SMARTS) is 1. The van der Waals surface area contributed by atoms with E-state index < -0.39 is 5.97 Å². The highest BCUT2D eigenvalue weighted by Gasteiger charge is 2.14. The molecule has 0 radical (unpaired) electrons. The fraction of sp³-hybridized carbons (Fsp3) is 0.467. The first-order chi connectivity index (χ1) is 9.74. The van der Waals surface area contributed by atoms with E-state index in [0.29, 0.717) is 11.7 Å². The largest absolute Gasteiger partial charge is 0.478 e. The van der Waals surface area contributed by atoms with Crippen LogP contribution in [0.4, 0.5) is 0 Å². The molecule has 1 atom stereocenters. The van der Waals surface area contributed by atoms with Gasteiger partial charge in [0, 0.05) is 13.2 Å². The first-order valence-corrected chi connectivity index (χ1v) is 7.04. The average Bonchev–Trinajstić information content (AvgIpc) is 2.88. The number of fused-ring (bicyclic) bond motifs is 1. The average molecular weight is 274 g/mol. The molecule has 1 aromatic carbocycles. The predicted molar refractivity (Wildman–Crippen MR) is 74.9 cm³/mol. The maximum atomic E-state index is 11.0. The highest BCUT2D eigenvalue weighted by Crippen LogP contribution is 2.19. The van der Waals surface area contributed by atoms with Crippen LogP contribution in [0.5, 0.6) is 0 Å². The second kappa shape index (κ2) is 5.63. The van der Waals surface area contributed by atoms with Gasteiger partial charge < -0.3 is 14.4 Å². The monoisotopic (exact) mass is 274 g/mol. The standard InChI is InChI=1S/C15H18N2O3/c18-15(19)11-4-5-13-14(9-11)17(10-16-13)7-6-12-3-1-2-8-20-12/h4-5,9-10,12H,1-3,6-8H2,(H,18,19). The van der Waals surface area contributed by atoms with Crippen molar-refractivity contribution in [2.24, 2.45) is 0 Å². The molecule has 1 unspecified atom stereocenters. The molecule has 2 heterocycles. The van der Waals surface area contributed by atoms with E-state index in [1.54, 1.807) is 24.5 Å². The third-order valence-electron chi connectivity index (χ3n) is 3.83. The minimum atomic E-state index is -0.907. The van der Waals surface area contributed by atoms with Gasteiger partial charge in [-0.1, -0.05) is 0 Å². The molecule has 5 nitrogen and oxygen atoms in total. The van der Waals surface area contributed by atoms with Crippen LogP contribution in [0.2, 0.25) is 0 Å². The summed E-state index contributed by atoms with van der Waals surface area (Å²) in [6.45, 7) is 1.67. The number of rotatable bonds is 4. The Morgan fingerprint density at radius 2 is 2.35 bits per heavy atom. The van der Waals surface area contributed by atoms with Gasteiger partial charge in [-0.15, -0.1) is 0 Å². The van der Waals surface area contributed by atoms with E-state index in [2.05, 4.69) is 4.98 Å². The van der Waals surface area contributed by atoms with Crippen LogP contribution in [0.3, 0.4) is 0 Å². The fourth-order valence-electron chi connectivity index (χ4n) is 2.69. The molecule has 1 fully saturated rings. The molecule has 0 saturated carbocycles. The molecule has 0 spiro atoms. The number of aryl methyl sites for hydroxylation is 1. The van der Waals surface area contributed by atoms with E-state index in [1.807, 2.05) is 4.57 Å². The summed E-state index contributed by atoms with van der Waals surface area (Å²) in [7, 11) is 0. The number of ether oxygens (including phenoxy) is 1. The lowest BCUT2D eigenvalue weighted by atomic mass is 10.1. The van der Waals surface area contributed by atoms with Gasteiger partial charge in [-0.05, 0) is 43.9 Å². The van der Waals surface area contributed by atoms with Crippen LogP contribution >= 0.6 is 0 Å². The lowest BCUT2D eigenvalue weighted by Gasteiger charge is -2.22. The molecule has 2 aromatic rings. The van der Waals surface area contributed by atoms with Crippen LogP contribution in [0.15, 0.2) is 24.5 Å². The number of carboxylic acids is 1. The lowest BCUT2D eigenvalue weighted by Crippen LogP contribution is -2.20. The van der Waals surface area contributed by atoms with Gasteiger partial charge in [0.1, 0.15) is 0 Å². The Morgan fingerprint density at radius 3 is 3.10 bits per heavy atom. The highest BCUT2D eigenvalue weighted by molar-refractivity contribution is 5.92. The van der Waals surface area contributed by atoms with Crippen molar-refractivity contribution in [2.75, 3.05) is 6.61 Å². The smallest absolute Gasteiger partial charge is 0.335 e. The van der Waals surface area contributed by atoms with Crippen LogP contribution in [-0.2, 0) is 11.3 Å². The number of hydrogen-bond donors (Lipinski definition) is 1. The Labute approximate surface area is 117 Å². The van der Waals surface area contributed by atoms with Crippen molar-refractivity contribution >= 4 is 17.0 Å². The molecule has 0 bridgehead atoms. The topological polar surface area (TPSA) is 64.3 Å². The molecule has 1 aromatic heterocycles. The summed E-state index contributed by atoms with van der Waals surface area (Å²) in [6.07, 6.45) is 6.56. The van der Waals surface area contributed by atoms with Crippen molar-refractivity contribution in [3.63, 3.8) is 0 Å². The van der Waals surface area contributed by atoms with Gasteiger partial charge >= 0.3 is 5.97 Å². The number of aromatic carboxylic acids is 1. The van der Waals surface area contributed by atoms with E-state index in [-0.39, 0.29) is 0 Å². The van der Waals surface area contributed by atoms with Gasteiger partial charge in [0.05, 0.1) is 29.0 Å². The third kappa shape index (κ3) is 2.67. The zero-order chi connectivity index (χ0) is 13.9. The van der Waals surface area contributed by atoms with Crippen molar-refractivity contribution in [3.8, 4) is 0 Å². The molecule has 0 amide bonds. The summed E-state index contributed by atoms with van der Waals surface area (Å²) >= 11 is 0. The van der Waals surface area contributed by atoms with Crippen LogP contribution in [0.25, 0.3) is 11.0 Å². The second-order valence-corrected chi connectivity index (χ2v) is 5.22. The second-order valence-electron chi connectivity index (χ2n) is 5.22. The summed E-state index contributed by atoms with van der Waals surface area (Å²) < 4.78 is 7.74. The third-order valence-corrected chi connectivity index (χ3v) is 3.83. The number of carbonyl (C=O) groups is 1. The Kier molecular flexibility index (Phi) is 3.69. The van der Waals surface area contributed by atoms with Gasteiger partial charge in [0.15, 0.2) is 0 Å². The summed E-state index contributed by atoms with van der Waals surface area (Å²) in [6, 6.07) is 5.03. The van der Waals surface area contributed by atoms with Gasteiger partial charge in [-0.3, -0.25) is 0 Å². The SMILES string of the molecule is O=C(O)c1ccc2ncn(CCC3CCCCO3)c2c1. The highest BCUT2D eigenvalue weighted by atomic mass is 16.5. The molecule has 1 aliphatic rings. The molecule has 1 saturated heterocycles.